The SMILES string of the molecule is CN(C)C(=O)CNC(=O)Nc1ccc(Br)cc1. The number of nitrogens with zero attached hydrogens (tertiary/aromatic N) is 1. The molecule has 0 aliphatic heterocycles. The fourth-order valence-electron chi connectivity index (χ4n) is 1.02. The van der Waals surface area contributed by atoms with Gasteiger partial charge in [0.2, 0.25) is 5.91 Å². The van der Waals surface area contributed by atoms with Gasteiger partial charge in [0.05, 0.1) is 6.54 Å². The summed E-state index contributed by atoms with van der Waals surface area (Å²) in [7, 11) is 3.27. The number of nitrogens with one attached hydrogen (secondary N) is 2. The average molecular weight is 300 g/mol. The second-order valence-corrected chi connectivity index (χ2v) is 4.52. The maximum absolute atomic E-state index is 11.4. The van der Waals surface area contributed by atoms with Gasteiger partial charge in [0.15, 0.2) is 0 Å². The lowest BCUT2D eigenvalue weighted by atomic mass is 10.3. The molecule has 0 fully saturated rings. The zero-order chi connectivity index (χ0) is 12.8. The highest BCUT2D eigenvalue weighted by Crippen LogP contribution is 2.13. The molecule has 1 aromatic rings. The van der Waals surface area contributed by atoms with E-state index in [2.05, 4.69) is 26.6 Å². The van der Waals surface area contributed by atoms with E-state index in [4.69, 9.17) is 0 Å². The van der Waals surface area contributed by atoms with Crippen LogP contribution in [0.15, 0.2) is 28.7 Å². The van der Waals surface area contributed by atoms with E-state index < -0.39 is 6.03 Å². The molecule has 0 heterocycles. The Morgan fingerprint density at radius 1 is 1.24 bits per heavy atom. The van der Waals surface area contributed by atoms with Gasteiger partial charge >= 0.3 is 6.03 Å². The Bertz CT molecular complexity index is 404. The number of carbonyl (C=O) groups is 2. The third kappa shape index (κ3) is 4.86. The smallest absolute Gasteiger partial charge is 0.319 e. The van der Waals surface area contributed by atoms with E-state index in [-0.39, 0.29) is 12.5 Å². The molecule has 1 aromatic carbocycles. The van der Waals surface area contributed by atoms with Crippen LogP contribution in [0.3, 0.4) is 0 Å². The molecule has 6 heteroatoms. The Balaban J connectivity index is 2.40. The van der Waals surface area contributed by atoms with Crippen molar-refractivity contribution in [3.8, 4) is 0 Å². The maximum Gasteiger partial charge on any atom is 0.319 e. The van der Waals surface area contributed by atoms with Crippen LogP contribution in [0, 0.1) is 0 Å². The monoisotopic (exact) mass is 299 g/mol. The van der Waals surface area contributed by atoms with Crippen molar-refractivity contribution < 1.29 is 9.59 Å². The molecule has 92 valence electrons. The molecule has 17 heavy (non-hydrogen) atoms. The summed E-state index contributed by atoms with van der Waals surface area (Å²) in [5.74, 6) is -0.157. The number of halogens is 1. The highest BCUT2D eigenvalue weighted by Gasteiger charge is 2.06. The Kier molecular flexibility index (Phi) is 4.96. The van der Waals surface area contributed by atoms with Crippen molar-refractivity contribution in [1.29, 1.82) is 0 Å². The van der Waals surface area contributed by atoms with Gasteiger partial charge in [-0.05, 0) is 24.3 Å². The lowest BCUT2D eigenvalue weighted by molar-refractivity contribution is -0.127. The Labute approximate surface area is 108 Å². The fraction of sp³-hybridized carbons (Fsp3) is 0.273. The molecule has 0 spiro atoms. The number of urea groups is 1. The highest BCUT2D eigenvalue weighted by molar-refractivity contribution is 9.10. The van der Waals surface area contributed by atoms with Crippen LogP contribution in [-0.4, -0.2) is 37.5 Å². The third-order valence-electron chi connectivity index (χ3n) is 2.00. The van der Waals surface area contributed by atoms with Crippen molar-refractivity contribution in [3.63, 3.8) is 0 Å². The summed E-state index contributed by atoms with van der Waals surface area (Å²) >= 11 is 3.30. The lowest BCUT2D eigenvalue weighted by Gasteiger charge is -2.11. The van der Waals surface area contributed by atoms with Crippen LogP contribution < -0.4 is 10.6 Å². The second kappa shape index (κ2) is 6.24. The molecule has 0 saturated heterocycles. The Morgan fingerprint density at radius 3 is 2.35 bits per heavy atom. The molecule has 2 N–H and O–H groups in total. The molecule has 1 rings (SSSR count). The van der Waals surface area contributed by atoms with Gasteiger partial charge in [-0.1, -0.05) is 15.9 Å². The number of benzene rings is 1. The number of likely N-dealkylation sites (N-methyl/N-ethyl adjacent to an activating group) is 1. The minimum absolute atomic E-state index is 0.0185. The maximum atomic E-state index is 11.4. The lowest BCUT2D eigenvalue weighted by Crippen LogP contribution is -2.38. The first-order valence-electron chi connectivity index (χ1n) is 4.99. The summed E-state index contributed by atoms with van der Waals surface area (Å²) in [4.78, 5) is 24.1. The molecule has 5 nitrogen and oxygen atoms in total. The predicted octanol–water partition coefficient (Wildman–Crippen LogP) is 1.66. The molecule has 0 aromatic heterocycles. The van der Waals surface area contributed by atoms with E-state index in [1.807, 2.05) is 12.1 Å². The number of anilines is 1. The van der Waals surface area contributed by atoms with E-state index in [1.165, 1.54) is 4.90 Å². The van der Waals surface area contributed by atoms with Crippen LogP contribution in [0.1, 0.15) is 0 Å². The van der Waals surface area contributed by atoms with E-state index in [0.29, 0.717) is 5.69 Å². The van der Waals surface area contributed by atoms with E-state index >= 15 is 0 Å². The van der Waals surface area contributed by atoms with Gasteiger partial charge in [0, 0.05) is 24.3 Å². The minimum Gasteiger partial charge on any atom is -0.347 e. The highest BCUT2D eigenvalue weighted by atomic mass is 79.9. The van der Waals surface area contributed by atoms with Gasteiger partial charge in [-0.2, -0.15) is 0 Å². The van der Waals surface area contributed by atoms with Crippen LogP contribution in [0.4, 0.5) is 10.5 Å². The number of hydrogen-bond acceptors (Lipinski definition) is 2. The summed E-state index contributed by atoms with van der Waals surface area (Å²) in [6, 6.07) is 6.76. The van der Waals surface area contributed by atoms with Gasteiger partial charge in [-0.25, -0.2) is 4.79 Å². The normalized spacial score (nSPS) is 9.59. The topological polar surface area (TPSA) is 61.4 Å². The van der Waals surface area contributed by atoms with E-state index in [9.17, 15) is 9.59 Å². The summed E-state index contributed by atoms with van der Waals surface area (Å²) in [6.07, 6.45) is 0. The van der Waals surface area contributed by atoms with Gasteiger partial charge < -0.3 is 15.5 Å². The van der Waals surface area contributed by atoms with Gasteiger partial charge in [-0.3, -0.25) is 4.79 Å². The van der Waals surface area contributed by atoms with Gasteiger partial charge in [-0.15, -0.1) is 0 Å². The van der Waals surface area contributed by atoms with Crippen molar-refractivity contribution in [1.82, 2.24) is 10.2 Å². The van der Waals surface area contributed by atoms with E-state index in [1.54, 1.807) is 26.2 Å². The zero-order valence-electron chi connectivity index (χ0n) is 9.66. The molecule has 0 atom stereocenters. The van der Waals surface area contributed by atoms with Gasteiger partial charge in [0.1, 0.15) is 0 Å². The predicted molar refractivity (Wildman–Crippen MR) is 69.9 cm³/mol. The van der Waals surface area contributed by atoms with Crippen molar-refractivity contribution >= 4 is 33.6 Å². The summed E-state index contributed by atoms with van der Waals surface area (Å²) in [5, 5.41) is 5.10. The van der Waals surface area contributed by atoms with Crippen molar-refractivity contribution in [2.75, 3.05) is 26.0 Å². The van der Waals surface area contributed by atoms with Crippen LogP contribution in [0.25, 0.3) is 0 Å². The Morgan fingerprint density at radius 2 is 1.82 bits per heavy atom. The van der Waals surface area contributed by atoms with Crippen LogP contribution >= 0.6 is 15.9 Å². The standard InChI is InChI=1S/C11H14BrN3O2/c1-15(2)10(16)7-13-11(17)14-9-5-3-8(12)4-6-9/h3-6H,7H2,1-2H3,(H2,13,14,17). The average Bonchev–Trinajstić information content (AvgIpc) is 2.29. The van der Waals surface area contributed by atoms with Gasteiger partial charge in [0.25, 0.3) is 0 Å². The molecule has 0 unspecified atom stereocenters. The van der Waals surface area contributed by atoms with Crippen LogP contribution in [0.5, 0.6) is 0 Å². The van der Waals surface area contributed by atoms with Crippen molar-refractivity contribution in [2.45, 2.75) is 0 Å². The minimum atomic E-state index is -0.400. The molecule has 3 amide bonds. The fourth-order valence-corrected chi connectivity index (χ4v) is 1.29. The second-order valence-electron chi connectivity index (χ2n) is 3.60. The number of rotatable bonds is 3. The van der Waals surface area contributed by atoms with E-state index in [0.717, 1.165) is 4.47 Å². The summed E-state index contributed by atoms with van der Waals surface area (Å²) < 4.78 is 0.936. The van der Waals surface area contributed by atoms with Crippen molar-refractivity contribution in [3.05, 3.63) is 28.7 Å². The number of carbonyl (C=O) groups excluding carboxylic acids is 2. The molecule has 0 saturated carbocycles. The zero-order valence-corrected chi connectivity index (χ0v) is 11.2. The number of hydrogen-bond donors (Lipinski definition) is 2. The van der Waals surface area contributed by atoms with Crippen LogP contribution in [0.2, 0.25) is 0 Å². The quantitative estimate of drug-likeness (QED) is 0.892. The van der Waals surface area contributed by atoms with Crippen molar-refractivity contribution in [2.24, 2.45) is 0 Å². The summed E-state index contributed by atoms with van der Waals surface area (Å²) in [6.45, 7) is -0.0185. The Hall–Kier alpha value is -1.56. The first-order valence-corrected chi connectivity index (χ1v) is 5.79. The summed E-state index contributed by atoms with van der Waals surface area (Å²) in [5.41, 5.74) is 0.669. The number of amides is 3. The molecule has 0 radical (unpaired) electrons. The molecule has 0 aliphatic rings. The molecular formula is C11H14BrN3O2. The molecule has 0 bridgehead atoms. The van der Waals surface area contributed by atoms with Crippen LogP contribution in [-0.2, 0) is 4.79 Å². The first kappa shape index (κ1) is 13.5. The third-order valence-corrected chi connectivity index (χ3v) is 2.53. The first-order chi connectivity index (χ1) is 7.99. The molecular weight excluding hydrogens is 286 g/mol. The largest absolute Gasteiger partial charge is 0.347 e. The molecule has 0 aliphatic carbocycles.